The third kappa shape index (κ3) is 4.39. The molecule has 1 unspecified atom stereocenters. The summed E-state index contributed by atoms with van der Waals surface area (Å²) in [4.78, 5) is 1.32. The normalized spacial score (nSPS) is 12.4. The maximum Gasteiger partial charge on any atom is 0.138 e. The van der Waals surface area contributed by atoms with Crippen LogP contribution < -0.4 is 10.1 Å². The van der Waals surface area contributed by atoms with E-state index in [2.05, 4.69) is 29.8 Å². The Morgan fingerprint density at radius 2 is 2.16 bits per heavy atom. The van der Waals surface area contributed by atoms with E-state index in [1.807, 2.05) is 0 Å². The van der Waals surface area contributed by atoms with Gasteiger partial charge in [-0.15, -0.1) is 11.3 Å². The monoisotopic (exact) mass is 315 g/mol. The van der Waals surface area contributed by atoms with Crippen molar-refractivity contribution in [3.8, 4) is 5.75 Å². The molecule has 0 fully saturated rings. The molecular weight excluding hydrogens is 301 g/mol. The van der Waals surface area contributed by atoms with E-state index in [4.69, 9.17) is 27.9 Å². The highest BCUT2D eigenvalue weighted by molar-refractivity contribution is 7.10. The first-order valence-electron chi connectivity index (χ1n) is 6.01. The molecule has 0 saturated heterocycles. The second kappa shape index (κ2) is 7.15. The fourth-order valence-electron chi connectivity index (χ4n) is 1.67. The number of rotatable bonds is 6. The minimum Gasteiger partial charge on any atom is -0.491 e. The average Bonchev–Trinajstić information content (AvgIpc) is 2.90. The lowest BCUT2D eigenvalue weighted by Gasteiger charge is -2.13. The largest absolute Gasteiger partial charge is 0.491 e. The van der Waals surface area contributed by atoms with Gasteiger partial charge in [-0.1, -0.05) is 29.3 Å². The Labute approximate surface area is 127 Å². The number of ether oxygens (including phenoxy) is 1. The topological polar surface area (TPSA) is 21.3 Å². The highest BCUT2D eigenvalue weighted by atomic mass is 35.5. The first-order valence-corrected chi connectivity index (χ1v) is 7.65. The zero-order valence-corrected chi connectivity index (χ0v) is 12.9. The maximum atomic E-state index is 6.02. The summed E-state index contributed by atoms with van der Waals surface area (Å²) in [6.07, 6.45) is 0. The summed E-state index contributed by atoms with van der Waals surface area (Å²) in [5.74, 6) is 0.664. The van der Waals surface area contributed by atoms with Crippen molar-refractivity contribution in [2.75, 3.05) is 13.2 Å². The van der Waals surface area contributed by atoms with Crippen molar-refractivity contribution in [2.45, 2.75) is 13.0 Å². The van der Waals surface area contributed by atoms with E-state index in [1.54, 1.807) is 29.5 Å². The van der Waals surface area contributed by atoms with Gasteiger partial charge in [0, 0.05) is 22.5 Å². The zero-order chi connectivity index (χ0) is 13.7. The van der Waals surface area contributed by atoms with Crippen molar-refractivity contribution in [3.63, 3.8) is 0 Å². The predicted molar refractivity (Wildman–Crippen MR) is 82.7 cm³/mol. The zero-order valence-electron chi connectivity index (χ0n) is 10.5. The van der Waals surface area contributed by atoms with Crippen LogP contribution in [0.2, 0.25) is 10.0 Å². The summed E-state index contributed by atoms with van der Waals surface area (Å²) in [7, 11) is 0. The number of halogens is 2. The smallest absolute Gasteiger partial charge is 0.138 e. The third-order valence-corrected chi connectivity index (χ3v) is 4.26. The lowest BCUT2D eigenvalue weighted by Crippen LogP contribution is -2.23. The summed E-state index contributed by atoms with van der Waals surface area (Å²) in [5.41, 5.74) is 0. The number of hydrogen-bond donors (Lipinski definition) is 1. The standard InChI is InChI=1S/C14H15Cl2NOS/c1-10(14-3-2-8-19-14)17-6-7-18-13-5-4-11(15)9-12(13)16/h2-5,8-10,17H,6-7H2,1H3. The molecule has 0 bridgehead atoms. The van der Waals surface area contributed by atoms with Crippen molar-refractivity contribution in [3.05, 3.63) is 50.6 Å². The minimum atomic E-state index is 0.337. The van der Waals surface area contributed by atoms with Crippen molar-refractivity contribution >= 4 is 34.5 Å². The van der Waals surface area contributed by atoms with Gasteiger partial charge >= 0.3 is 0 Å². The molecule has 2 nitrogen and oxygen atoms in total. The molecule has 19 heavy (non-hydrogen) atoms. The predicted octanol–water partition coefficient (Wildman–Crippen LogP) is 4.78. The summed E-state index contributed by atoms with van der Waals surface area (Å²) in [6, 6.07) is 9.75. The molecule has 0 saturated carbocycles. The number of thiophene rings is 1. The average molecular weight is 316 g/mol. The van der Waals surface area contributed by atoms with E-state index in [-0.39, 0.29) is 0 Å². The van der Waals surface area contributed by atoms with Crippen LogP contribution in [-0.2, 0) is 0 Å². The molecule has 1 aromatic heterocycles. The Hall–Kier alpha value is -0.740. The molecule has 2 rings (SSSR count). The van der Waals surface area contributed by atoms with Crippen molar-refractivity contribution < 1.29 is 4.74 Å². The van der Waals surface area contributed by atoms with Crippen LogP contribution in [0, 0.1) is 0 Å². The fraction of sp³-hybridized carbons (Fsp3) is 0.286. The van der Waals surface area contributed by atoms with Crippen LogP contribution in [0.25, 0.3) is 0 Å². The van der Waals surface area contributed by atoms with Gasteiger partial charge in [0.1, 0.15) is 12.4 Å². The quantitative estimate of drug-likeness (QED) is 0.774. The molecule has 0 aliphatic carbocycles. The Morgan fingerprint density at radius 1 is 1.32 bits per heavy atom. The van der Waals surface area contributed by atoms with E-state index < -0.39 is 0 Å². The lowest BCUT2D eigenvalue weighted by atomic mass is 10.3. The molecule has 1 aromatic carbocycles. The van der Waals surface area contributed by atoms with Crippen molar-refractivity contribution in [2.24, 2.45) is 0 Å². The number of nitrogens with one attached hydrogen (secondary N) is 1. The molecule has 1 atom stereocenters. The summed E-state index contributed by atoms with van der Waals surface area (Å²) < 4.78 is 5.61. The van der Waals surface area contributed by atoms with Gasteiger partial charge in [-0.2, -0.15) is 0 Å². The molecule has 0 aliphatic rings. The summed E-state index contributed by atoms with van der Waals surface area (Å²) in [5, 5.41) is 6.64. The first kappa shape index (κ1) is 14.7. The maximum absolute atomic E-state index is 6.02. The minimum absolute atomic E-state index is 0.337. The van der Waals surface area contributed by atoms with Crippen molar-refractivity contribution in [1.82, 2.24) is 5.32 Å². The molecule has 0 radical (unpaired) electrons. The molecule has 0 spiro atoms. The van der Waals surface area contributed by atoms with Crippen LogP contribution in [0.4, 0.5) is 0 Å². The van der Waals surface area contributed by atoms with Gasteiger partial charge in [0.2, 0.25) is 0 Å². The second-order valence-electron chi connectivity index (χ2n) is 4.11. The van der Waals surface area contributed by atoms with Crippen LogP contribution in [0.5, 0.6) is 5.75 Å². The molecular formula is C14H15Cl2NOS. The molecule has 102 valence electrons. The van der Waals surface area contributed by atoms with E-state index in [9.17, 15) is 0 Å². The molecule has 0 amide bonds. The van der Waals surface area contributed by atoms with Crippen LogP contribution >= 0.6 is 34.5 Å². The molecule has 2 aromatic rings. The Bertz CT molecular complexity index is 516. The van der Waals surface area contributed by atoms with Gasteiger partial charge in [0.15, 0.2) is 0 Å². The van der Waals surface area contributed by atoms with E-state index in [1.165, 1.54) is 4.88 Å². The SMILES string of the molecule is CC(NCCOc1ccc(Cl)cc1Cl)c1cccs1. The van der Waals surface area contributed by atoms with Gasteiger partial charge in [-0.05, 0) is 36.6 Å². The molecule has 1 heterocycles. The van der Waals surface area contributed by atoms with Crippen LogP contribution in [0.15, 0.2) is 35.7 Å². The highest BCUT2D eigenvalue weighted by Crippen LogP contribution is 2.27. The van der Waals surface area contributed by atoms with E-state index >= 15 is 0 Å². The number of benzene rings is 1. The Balaban J connectivity index is 1.75. The van der Waals surface area contributed by atoms with Gasteiger partial charge in [-0.25, -0.2) is 0 Å². The van der Waals surface area contributed by atoms with Gasteiger partial charge in [0.05, 0.1) is 5.02 Å². The third-order valence-electron chi connectivity index (χ3n) is 2.67. The summed E-state index contributed by atoms with van der Waals surface area (Å²) >= 11 is 13.6. The van der Waals surface area contributed by atoms with E-state index in [0.717, 1.165) is 6.54 Å². The Kier molecular flexibility index (Phi) is 5.52. The van der Waals surface area contributed by atoms with Crippen molar-refractivity contribution in [1.29, 1.82) is 0 Å². The lowest BCUT2D eigenvalue weighted by molar-refractivity contribution is 0.308. The highest BCUT2D eigenvalue weighted by Gasteiger charge is 2.06. The van der Waals surface area contributed by atoms with Gasteiger partial charge in [-0.3, -0.25) is 0 Å². The number of hydrogen-bond acceptors (Lipinski definition) is 3. The van der Waals surface area contributed by atoms with Gasteiger partial charge < -0.3 is 10.1 Å². The van der Waals surface area contributed by atoms with E-state index in [0.29, 0.717) is 28.4 Å². The Morgan fingerprint density at radius 3 is 2.84 bits per heavy atom. The molecule has 5 heteroatoms. The van der Waals surface area contributed by atoms with Crippen LogP contribution in [-0.4, -0.2) is 13.2 Å². The molecule has 0 aliphatic heterocycles. The van der Waals surface area contributed by atoms with Crippen LogP contribution in [0.1, 0.15) is 17.8 Å². The first-order chi connectivity index (χ1) is 9.16. The summed E-state index contributed by atoms with van der Waals surface area (Å²) in [6.45, 7) is 3.47. The fourth-order valence-corrected chi connectivity index (χ4v) is 2.89. The second-order valence-corrected chi connectivity index (χ2v) is 5.94. The van der Waals surface area contributed by atoms with Gasteiger partial charge in [0.25, 0.3) is 0 Å². The molecule has 1 N–H and O–H groups in total. The van der Waals surface area contributed by atoms with Crippen LogP contribution in [0.3, 0.4) is 0 Å².